The highest BCUT2D eigenvalue weighted by Crippen LogP contribution is 2.02. The second-order valence-corrected chi connectivity index (χ2v) is 3.14. The Hall–Kier alpha value is -0.570. The molecular formula is C9H19N3. The fourth-order valence-corrected chi connectivity index (χ4v) is 1.47. The predicted molar refractivity (Wildman–Crippen MR) is 52.2 cm³/mol. The summed E-state index contributed by atoms with van der Waals surface area (Å²) < 4.78 is 0. The summed E-state index contributed by atoms with van der Waals surface area (Å²) in [7, 11) is 0. The second-order valence-electron chi connectivity index (χ2n) is 3.14. The summed E-state index contributed by atoms with van der Waals surface area (Å²) >= 11 is 0. The van der Waals surface area contributed by atoms with Crippen molar-refractivity contribution in [1.82, 2.24) is 10.0 Å². The van der Waals surface area contributed by atoms with Crippen LogP contribution in [0.2, 0.25) is 0 Å². The molecule has 0 N–H and O–H groups in total. The van der Waals surface area contributed by atoms with Crippen LogP contribution in [0.4, 0.5) is 0 Å². The van der Waals surface area contributed by atoms with Gasteiger partial charge in [-0.15, -0.1) is 0 Å². The Bertz CT molecular complexity index is 139. The molecule has 0 bridgehead atoms. The molecule has 0 unspecified atom stereocenters. The molecule has 0 fully saturated rings. The van der Waals surface area contributed by atoms with Gasteiger partial charge < -0.3 is 0 Å². The van der Waals surface area contributed by atoms with Crippen LogP contribution in [0.15, 0.2) is 4.99 Å². The van der Waals surface area contributed by atoms with Crippen LogP contribution in [-0.4, -0.2) is 42.5 Å². The Morgan fingerprint density at radius 1 is 1.33 bits per heavy atom. The lowest BCUT2D eigenvalue weighted by Gasteiger charge is -2.30. The van der Waals surface area contributed by atoms with Crippen LogP contribution < -0.4 is 0 Å². The van der Waals surface area contributed by atoms with Crippen molar-refractivity contribution in [1.29, 1.82) is 0 Å². The molecule has 0 aromatic rings. The largest absolute Gasteiger partial charge is 0.294 e. The minimum absolute atomic E-state index is 0.962. The molecule has 3 heteroatoms. The van der Waals surface area contributed by atoms with E-state index in [1.54, 1.807) is 0 Å². The SMILES string of the molecule is CCCN(CCC)N1C=NCC1. The third-order valence-electron chi connectivity index (χ3n) is 2.00. The molecule has 0 saturated carbocycles. The maximum absolute atomic E-state index is 4.21. The quantitative estimate of drug-likeness (QED) is 0.619. The average molecular weight is 169 g/mol. The first-order valence-electron chi connectivity index (χ1n) is 4.90. The maximum Gasteiger partial charge on any atom is 0.0995 e. The first-order valence-corrected chi connectivity index (χ1v) is 4.90. The fraction of sp³-hybridized carbons (Fsp3) is 0.889. The van der Waals surface area contributed by atoms with E-state index in [-0.39, 0.29) is 0 Å². The molecule has 1 aliphatic rings. The zero-order valence-corrected chi connectivity index (χ0v) is 8.16. The lowest BCUT2D eigenvalue weighted by atomic mass is 10.4. The topological polar surface area (TPSA) is 18.8 Å². The lowest BCUT2D eigenvalue weighted by Crippen LogP contribution is -2.41. The van der Waals surface area contributed by atoms with Gasteiger partial charge in [-0.25, -0.2) is 5.01 Å². The Morgan fingerprint density at radius 3 is 2.42 bits per heavy atom. The van der Waals surface area contributed by atoms with E-state index < -0.39 is 0 Å². The van der Waals surface area contributed by atoms with Gasteiger partial charge in [0, 0.05) is 13.1 Å². The van der Waals surface area contributed by atoms with Crippen LogP contribution in [0.3, 0.4) is 0 Å². The van der Waals surface area contributed by atoms with Crippen molar-refractivity contribution in [3.05, 3.63) is 0 Å². The van der Waals surface area contributed by atoms with Gasteiger partial charge in [0.25, 0.3) is 0 Å². The normalized spacial score (nSPS) is 16.4. The highest BCUT2D eigenvalue weighted by molar-refractivity contribution is 5.56. The van der Waals surface area contributed by atoms with E-state index in [0.717, 1.165) is 26.2 Å². The Kier molecular flexibility index (Phi) is 4.08. The number of aliphatic imine (C=N–C) groups is 1. The van der Waals surface area contributed by atoms with Crippen molar-refractivity contribution in [2.24, 2.45) is 4.99 Å². The molecule has 12 heavy (non-hydrogen) atoms. The van der Waals surface area contributed by atoms with E-state index >= 15 is 0 Å². The minimum atomic E-state index is 0.962. The summed E-state index contributed by atoms with van der Waals surface area (Å²) in [5.41, 5.74) is 0. The van der Waals surface area contributed by atoms with E-state index in [1.807, 2.05) is 6.34 Å². The molecule has 0 aromatic carbocycles. The van der Waals surface area contributed by atoms with E-state index in [0.29, 0.717) is 0 Å². The van der Waals surface area contributed by atoms with Gasteiger partial charge in [0.15, 0.2) is 0 Å². The molecule has 0 amide bonds. The summed E-state index contributed by atoms with van der Waals surface area (Å²) in [6.45, 7) is 8.77. The van der Waals surface area contributed by atoms with Crippen molar-refractivity contribution in [3.63, 3.8) is 0 Å². The number of rotatable bonds is 5. The van der Waals surface area contributed by atoms with E-state index in [2.05, 4.69) is 28.9 Å². The van der Waals surface area contributed by atoms with Gasteiger partial charge in [-0.2, -0.15) is 0 Å². The molecule has 0 aliphatic carbocycles. The highest BCUT2D eigenvalue weighted by atomic mass is 15.6. The van der Waals surface area contributed by atoms with Crippen LogP contribution in [0.1, 0.15) is 26.7 Å². The smallest absolute Gasteiger partial charge is 0.0995 e. The Balaban J connectivity index is 2.34. The average Bonchev–Trinajstić information content (AvgIpc) is 2.56. The van der Waals surface area contributed by atoms with E-state index in [4.69, 9.17) is 0 Å². The predicted octanol–water partition coefficient (Wildman–Crippen LogP) is 1.37. The molecule has 1 rings (SSSR count). The highest BCUT2D eigenvalue weighted by Gasteiger charge is 2.12. The number of hydrogen-bond donors (Lipinski definition) is 0. The lowest BCUT2D eigenvalue weighted by molar-refractivity contribution is 0.0602. The van der Waals surface area contributed by atoms with Gasteiger partial charge >= 0.3 is 0 Å². The van der Waals surface area contributed by atoms with Crippen molar-refractivity contribution < 1.29 is 0 Å². The summed E-state index contributed by atoms with van der Waals surface area (Å²) in [5.74, 6) is 0. The molecule has 0 spiro atoms. The molecular weight excluding hydrogens is 150 g/mol. The number of hydrazine groups is 1. The van der Waals surface area contributed by atoms with Crippen molar-refractivity contribution in [2.75, 3.05) is 26.2 Å². The van der Waals surface area contributed by atoms with Crippen LogP contribution in [0, 0.1) is 0 Å². The third kappa shape index (κ3) is 2.48. The molecule has 0 saturated heterocycles. The van der Waals surface area contributed by atoms with Crippen molar-refractivity contribution >= 4 is 6.34 Å². The third-order valence-corrected chi connectivity index (χ3v) is 2.00. The number of nitrogens with zero attached hydrogens (tertiary/aromatic N) is 3. The molecule has 0 radical (unpaired) electrons. The molecule has 0 aromatic heterocycles. The molecule has 0 atom stereocenters. The maximum atomic E-state index is 4.21. The monoisotopic (exact) mass is 169 g/mol. The summed E-state index contributed by atoms with van der Waals surface area (Å²) in [5, 5.41) is 4.63. The first kappa shape index (κ1) is 9.52. The molecule has 3 nitrogen and oxygen atoms in total. The van der Waals surface area contributed by atoms with Crippen LogP contribution in [0.25, 0.3) is 0 Å². The van der Waals surface area contributed by atoms with Gasteiger partial charge in [0.2, 0.25) is 0 Å². The second kappa shape index (κ2) is 5.14. The Morgan fingerprint density at radius 2 is 2.00 bits per heavy atom. The van der Waals surface area contributed by atoms with Crippen LogP contribution in [-0.2, 0) is 0 Å². The molecule has 1 heterocycles. The zero-order chi connectivity index (χ0) is 8.81. The van der Waals surface area contributed by atoms with Crippen molar-refractivity contribution in [2.45, 2.75) is 26.7 Å². The summed E-state index contributed by atoms with van der Waals surface area (Å²) in [4.78, 5) is 4.21. The van der Waals surface area contributed by atoms with Gasteiger partial charge in [0.1, 0.15) is 0 Å². The summed E-state index contributed by atoms with van der Waals surface area (Å²) in [6.07, 6.45) is 4.39. The number of hydrogen-bond acceptors (Lipinski definition) is 3. The minimum Gasteiger partial charge on any atom is -0.294 e. The zero-order valence-electron chi connectivity index (χ0n) is 8.16. The fourth-order valence-electron chi connectivity index (χ4n) is 1.47. The first-order chi connectivity index (χ1) is 5.88. The van der Waals surface area contributed by atoms with Crippen molar-refractivity contribution in [3.8, 4) is 0 Å². The Labute approximate surface area is 75.0 Å². The molecule has 70 valence electrons. The van der Waals surface area contributed by atoms with E-state index in [1.165, 1.54) is 12.8 Å². The van der Waals surface area contributed by atoms with Crippen LogP contribution in [0.5, 0.6) is 0 Å². The summed E-state index contributed by atoms with van der Waals surface area (Å²) in [6, 6.07) is 0. The standard InChI is InChI=1S/C9H19N3/c1-3-6-11(7-4-2)12-8-5-10-9-12/h9H,3-8H2,1-2H3. The van der Waals surface area contributed by atoms with Crippen LogP contribution >= 0.6 is 0 Å². The van der Waals surface area contributed by atoms with Gasteiger partial charge in [0.05, 0.1) is 19.4 Å². The van der Waals surface area contributed by atoms with E-state index in [9.17, 15) is 0 Å². The van der Waals surface area contributed by atoms with Gasteiger partial charge in [-0.05, 0) is 12.8 Å². The molecule has 1 aliphatic heterocycles. The van der Waals surface area contributed by atoms with Gasteiger partial charge in [-0.3, -0.25) is 10.0 Å². The van der Waals surface area contributed by atoms with Gasteiger partial charge in [-0.1, -0.05) is 13.8 Å².